The van der Waals surface area contributed by atoms with Crippen molar-refractivity contribution in [3.8, 4) is 0 Å². The van der Waals surface area contributed by atoms with Crippen LogP contribution in [0.2, 0.25) is 0 Å². The van der Waals surface area contributed by atoms with Crippen molar-refractivity contribution < 1.29 is 18.3 Å². The maximum Gasteiger partial charge on any atom is 0.324 e. The van der Waals surface area contributed by atoms with Crippen molar-refractivity contribution in [2.75, 3.05) is 0 Å². The molecule has 1 rings (SSSR count). The van der Waals surface area contributed by atoms with Crippen LogP contribution in [-0.2, 0) is 26.8 Å². The van der Waals surface area contributed by atoms with Crippen molar-refractivity contribution in [1.29, 1.82) is 0 Å². The molecule has 0 unspecified atom stereocenters. The number of aryl methyl sites for hydroxylation is 1. The lowest BCUT2D eigenvalue weighted by Gasteiger charge is -2.19. The van der Waals surface area contributed by atoms with E-state index in [0.29, 0.717) is 5.56 Å². The zero-order valence-electron chi connectivity index (χ0n) is 10.8. The Morgan fingerprint density at radius 2 is 1.61 bits per heavy atom. The molecule has 0 atom stereocenters. The number of aliphatic carboxylic acids is 1. The first kappa shape index (κ1) is 14.7. The van der Waals surface area contributed by atoms with Crippen molar-refractivity contribution in [2.45, 2.75) is 37.7 Å². The van der Waals surface area contributed by atoms with Gasteiger partial charge < -0.3 is 5.11 Å². The maximum absolute atomic E-state index is 12.0. The molecular formula is C13H18O4S. The van der Waals surface area contributed by atoms with E-state index in [4.69, 9.17) is 5.11 Å². The minimum Gasteiger partial charge on any atom is -0.480 e. The van der Waals surface area contributed by atoms with Gasteiger partial charge in [-0.25, -0.2) is 8.42 Å². The fraction of sp³-hybridized carbons (Fsp3) is 0.462. The summed E-state index contributed by atoms with van der Waals surface area (Å²) in [6.45, 7) is 4.44. The summed E-state index contributed by atoms with van der Waals surface area (Å²) in [5.74, 6) is -1.58. The summed E-state index contributed by atoms with van der Waals surface area (Å²) in [6, 6.07) is 7.18. The van der Waals surface area contributed by atoms with Gasteiger partial charge in [-0.15, -0.1) is 0 Å². The number of carbonyl (C=O) groups is 1. The van der Waals surface area contributed by atoms with Crippen molar-refractivity contribution in [2.24, 2.45) is 0 Å². The molecule has 0 fully saturated rings. The highest BCUT2D eigenvalue weighted by Gasteiger charge is 2.41. The number of carboxylic acid groups (broad SMARTS) is 1. The summed E-state index contributed by atoms with van der Waals surface area (Å²) in [6.07, 6.45) is 0.883. The molecule has 0 saturated carbocycles. The van der Waals surface area contributed by atoms with Gasteiger partial charge in [0.25, 0.3) is 0 Å². The van der Waals surface area contributed by atoms with Gasteiger partial charge in [0.05, 0.1) is 5.75 Å². The molecule has 0 bridgehead atoms. The Kier molecular flexibility index (Phi) is 4.16. The van der Waals surface area contributed by atoms with E-state index in [2.05, 4.69) is 0 Å². The van der Waals surface area contributed by atoms with Crippen LogP contribution in [0.1, 0.15) is 31.9 Å². The Morgan fingerprint density at radius 3 is 2.00 bits per heavy atom. The monoisotopic (exact) mass is 270 g/mol. The largest absolute Gasteiger partial charge is 0.480 e. The van der Waals surface area contributed by atoms with Gasteiger partial charge in [0, 0.05) is 0 Å². The molecule has 0 spiro atoms. The van der Waals surface area contributed by atoms with Gasteiger partial charge >= 0.3 is 5.97 Å². The normalized spacial score (nSPS) is 12.4. The molecule has 4 nitrogen and oxygen atoms in total. The maximum atomic E-state index is 12.0. The molecule has 1 aromatic rings. The van der Waals surface area contributed by atoms with Crippen LogP contribution in [0.15, 0.2) is 24.3 Å². The molecule has 100 valence electrons. The van der Waals surface area contributed by atoms with Crippen molar-refractivity contribution in [3.63, 3.8) is 0 Å². The Balaban J connectivity index is 2.99. The third-order valence-corrected chi connectivity index (χ3v) is 5.52. The van der Waals surface area contributed by atoms with Crippen molar-refractivity contribution in [1.82, 2.24) is 0 Å². The van der Waals surface area contributed by atoms with E-state index in [1.165, 1.54) is 13.8 Å². The van der Waals surface area contributed by atoms with E-state index in [0.717, 1.165) is 12.0 Å². The highest BCUT2D eigenvalue weighted by Crippen LogP contribution is 2.22. The van der Waals surface area contributed by atoms with Crippen LogP contribution in [0.3, 0.4) is 0 Å². The number of sulfone groups is 1. The fourth-order valence-electron chi connectivity index (χ4n) is 1.40. The first-order valence-electron chi connectivity index (χ1n) is 5.74. The molecule has 1 N–H and O–H groups in total. The summed E-state index contributed by atoms with van der Waals surface area (Å²) in [7, 11) is -3.73. The summed E-state index contributed by atoms with van der Waals surface area (Å²) >= 11 is 0. The van der Waals surface area contributed by atoms with Crippen LogP contribution in [0, 0.1) is 0 Å². The SMILES string of the molecule is CCc1ccc(CS(=O)(=O)C(C)(C)C(=O)O)cc1. The van der Waals surface area contributed by atoms with Gasteiger partial charge in [-0.3, -0.25) is 4.79 Å². The number of carboxylic acids is 1. The molecule has 5 heteroatoms. The Labute approximate surface area is 108 Å². The highest BCUT2D eigenvalue weighted by molar-refractivity contribution is 7.92. The quantitative estimate of drug-likeness (QED) is 0.888. The zero-order chi connectivity index (χ0) is 14.0. The van der Waals surface area contributed by atoms with E-state index < -0.39 is 20.6 Å². The number of benzene rings is 1. The molecule has 0 aromatic heterocycles. The van der Waals surface area contributed by atoms with Gasteiger partial charge in [0.1, 0.15) is 0 Å². The topological polar surface area (TPSA) is 71.4 Å². The minimum absolute atomic E-state index is 0.254. The summed E-state index contributed by atoms with van der Waals surface area (Å²) in [5, 5.41) is 8.96. The molecule has 18 heavy (non-hydrogen) atoms. The van der Waals surface area contributed by atoms with Crippen LogP contribution >= 0.6 is 0 Å². The van der Waals surface area contributed by atoms with Crippen LogP contribution in [0.25, 0.3) is 0 Å². The van der Waals surface area contributed by atoms with Gasteiger partial charge in [0.2, 0.25) is 0 Å². The molecule has 0 heterocycles. The molecule has 0 aliphatic carbocycles. The van der Waals surface area contributed by atoms with E-state index in [9.17, 15) is 13.2 Å². The molecule has 0 radical (unpaired) electrons. The second-order valence-electron chi connectivity index (χ2n) is 4.74. The summed E-state index contributed by atoms with van der Waals surface area (Å²) in [5.41, 5.74) is 1.73. The van der Waals surface area contributed by atoms with E-state index in [1.807, 2.05) is 19.1 Å². The minimum atomic E-state index is -3.73. The Morgan fingerprint density at radius 1 is 1.17 bits per heavy atom. The predicted octanol–water partition coefficient (Wildman–Crippen LogP) is 2.03. The highest BCUT2D eigenvalue weighted by atomic mass is 32.2. The number of hydrogen-bond acceptors (Lipinski definition) is 3. The standard InChI is InChI=1S/C13H18O4S/c1-4-10-5-7-11(8-6-10)9-18(16,17)13(2,3)12(14)15/h5-8H,4,9H2,1-3H3,(H,14,15). The van der Waals surface area contributed by atoms with E-state index in [-0.39, 0.29) is 5.75 Å². The van der Waals surface area contributed by atoms with Crippen LogP contribution in [0.4, 0.5) is 0 Å². The first-order chi connectivity index (χ1) is 8.20. The Hall–Kier alpha value is -1.36. The predicted molar refractivity (Wildman–Crippen MR) is 70.2 cm³/mol. The second kappa shape index (κ2) is 5.10. The van der Waals surface area contributed by atoms with E-state index in [1.54, 1.807) is 12.1 Å². The molecule has 0 saturated heterocycles. The van der Waals surface area contributed by atoms with Crippen molar-refractivity contribution in [3.05, 3.63) is 35.4 Å². The number of hydrogen-bond donors (Lipinski definition) is 1. The first-order valence-corrected chi connectivity index (χ1v) is 7.39. The summed E-state index contributed by atoms with van der Waals surface area (Å²) < 4.78 is 22.3. The molecule has 1 aromatic carbocycles. The Bertz CT molecular complexity index is 527. The van der Waals surface area contributed by atoms with Gasteiger partial charge in [-0.2, -0.15) is 0 Å². The third kappa shape index (κ3) is 2.90. The average Bonchev–Trinajstić information content (AvgIpc) is 2.29. The molecule has 0 amide bonds. The van der Waals surface area contributed by atoms with Gasteiger partial charge in [-0.1, -0.05) is 31.2 Å². The van der Waals surface area contributed by atoms with Crippen LogP contribution in [-0.4, -0.2) is 24.2 Å². The molecule has 0 aliphatic rings. The average molecular weight is 270 g/mol. The molecular weight excluding hydrogens is 252 g/mol. The number of rotatable bonds is 5. The van der Waals surface area contributed by atoms with Crippen LogP contribution in [0.5, 0.6) is 0 Å². The lowest BCUT2D eigenvalue weighted by Crippen LogP contribution is -2.41. The van der Waals surface area contributed by atoms with E-state index >= 15 is 0 Å². The lowest BCUT2D eigenvalue weighted by molar-refractivity contribution is -0.139. The van der Waals surface area contributed by atoms with Crippen molar-refractivity contribution >= 4 is 15.8 Å². The van der Waals surface area contributed by atoms with Crippen LogP contribution < -0.4 is 0 Å². The summed E-state index contributed by atoms with van der Waals surface area (Å²) in [4.78, 5) is 11.0. The second-order valence-corrected chi connectivity index (χ2v) is 7.28. The lowest BCUT2D eigenvalue weighted by atomic mass is 10.1. The van der Waals surface area contributed by atoms with Gasteiger partial charge in [-0.05, 0) is 31.4 Å². The third-order valence-electron chi connectivity index (χ3n) is 3.08. The van der Waals surface area contributed by atoms with Gasteiger partial charge in [0.15, 0.2) is 14.6 Å². The smallest absolute Gasteiger partial charge is 0.324 e. The zero-order valence-corrected chi connectivity index (χ0v) is 11.6. The fourth-order valence-corrected chi connectivity index (χ4v) is 2.66. The molecule has 0 aliphatic heterocycles.